The van der Waals surface area contributed by atoms with Crippen LogP contribution in [0.15, 0.2) is 0 Å². The topological polar surface area (TPSA) is 29.3 Å². The van der Waals surface area contributed by atoms with Crippen LogP contribution in [0.5, 0.6) is 0 Å². The summed E-state index contributed by atoms with van der Waals surface area (Å²) in [5, 5.41) is 0. The molecular formula is C8H18N2. The van der Waals surface area contributed by atoms with Crippen molar-refractivity contribution in [2.75, 3.05) is 20.1 Å². The second-order valence-corrected chi connectivity index (χ2v) is 3.47. The van der Waals surface area contributed by atoms with Gasteiger partial charge in [0.2, 0.25) is 0 Å². The summed E-state index contributed by atoms with van der Waals surface area (Å²) in [5.41, 5.74) is 5.53. The van der Waals surface area contributed by atoms with Gasteiger partial charge in [-0.1, -0.05) is 0 Å². The molecule has 1 atom stereocenters. The minimum atomic E-state index is 0.556. The molecule has 10 heavy (non-hydrogen) atoms. The Hall–Kier alpha value is -0.0800. The number of likely N-dealkylation sites (N-methyl/N-ethyl adjacent to an activating group) is 1. The van der Waals surface area contributed by atoms with Gasteiger partial charge in [0, 0.05) is 19.1 Å². The first-order valence-corrected chi connectivity index (χ1v) is 4.14. The first-order chi connectivity index (χ1) is 4.74. The molecule has 2 heteroatoms. The quantitative estimate of drug-likeness (QED) is 0.625. The van der Waals surface area contributed by atoms with Gasteiger partial charge in [0.15, 0.2) is 0 Å². The molecule has 2 N–H and O–H groups in total. The second kappa shape index (κ2) is 3.35. The van der Waals surface area contributed by atoms with Gasteiger partial charge >= 0.3 is 0 Å². The molecule has 0 radical (unpaired) electrons. The molecule has 1 aliphatic rings. The number of hydrogen-bond donors (Lipinski definition) is 1. The van der Waals surface area contributed by atoms with Gasteiger partial charge in [0.25, 0.3) is 0 Å². The summed E-state index contributed by atoms with van der Waals surface area (Å²) in [6.45, 7) is 4.21. The standard InChI is InChI=1S/C8H18N2/c1-7(5-9)10(2)6-8-3-4-8/h7-8H,3-6,9H2,1-2H3. The Labute approximate surface area is 63.4 Å². The van der Waals surface area contributed by atoms with Crippen LogP contribution in [-0.2, 0) is 0 Å². The van der Waals surface area contributed by atoms with Gasteiger partial charge in [-0.25, -0.2) is 0 Å². The predicted octanol–water partition coefficient (Wildman–Crippen LogP) is 0.675. The Kier molecular flexibility index (Phi) is 2.69. The normalized spacial score (nSPS) is 21.6. The van der Waals surface area contributed by atoms with Crippen LogP contribution in [0.25, 0.3) is 0 Å². The highest BCUT2D eigenvalue weighted by Gasteiger charge is 2.23. The summed E-state index contributed by atoms with van der Waals surface area (Å²) < 4.78 is 0. The molecular weight excluding hydrogens is 124 g/mol. The minimum absolute atomic E-state index is 0.556. The van der Waals surface area contributed by atoms with Crippen LogP contribution in [0, 0.1) is 5.92 Å². The third-order valence-corrected chi connectivity index (χ3v) is 2.34. The van der Waals surface area contributed by atoms with Crippen LogP contribution in [-0.4, -0.2) is 31.1 Å². The zero-order valence-electron chi connectivity index (χ0n) is 7.01. The van der Waals surface area contributed by atoms with Gasteiger partial charge in [-0.3, -0.25) is 0 Å². The molecule has 1 rings (SSSR count). The van der Waals surface area contributed by atoms with Gasteiger partial charge in [-0.2, -0.15) is 0 Å². The van der Waals surface area contributed by atoms with E-state index >= 15 is 0 Å². The minimum Gasteiger partial charge on any atom is -0.329 e. The first-order valence-electron chi connectivity index (χ1n) is 4.14. The fourth-order valence-electron chi connectivity index (χ4n) is 1.07. The van der Waals surface area contributed by atoms with Gasteiger partial charge in [-0.05, 0) is 32.7 Å². The number of rotatable bonds is 4. The van der Waals surface area contributed by atoms with Crippen LogP contribution >= 0.6 is 0 Å². The highest BCUT2D eigenvalue weighted by Crippen LogP contribution is 2.29. The van der Waals surface area contributed by atoms with Gasteiger partial charge < -0.3 is 10.6 Å². The third-order valence-electron chi connectivity index (χ3n) is 2.34. The number of nitrogens with zero attached hydrogens (tertiary/aromatic N) is 1. The van der Waals surface area contributed by atoms with Crippen molar-refractivity contribution in [2.45, 2.75) is 25.8 Å². The van der Waals surface area contributed by atoms with Crippen LogP contribution < -0.4 is 5.73 Å². The van der Waals surface area contributed by atoms with Crippen molar-refractivity contribution < 1.29 is 0 Å². The molecule has 60 valence electrons. The van der Waals surface area contributed by atoms with E-state index in [2.05, 4.69) is 18.9 Å². The fraction of sp³-hybridized carbons (Fsp3) is 1.00. The van der Waals surface area contributed by atoms with E-state index in [1.54, 1.807) is 0 Å². The molecule has 0 spiro atoms. The second-order valence-electron chi connectivity index (χ2n) is 3.47. The summed E-state index contributed by atoms with van der Waals surface area (Å²) >= 11 is 0. The molecule has 0 heterocycles. The highest BCUT2D eigenvalue weighted by atomic mass is 15.1. The Balaban J connectivity index is 2.11. The lowest BCUT2D eigenvalue weighted by molar-refractivity contribution is 0.253. The number of hydrogen-bond acceptors (Lipinski definition) is 2. The molecule has 0 amide bonds. The van der Waals surface area contributed by atoms with Gasteiger partial charge in [0.05, 0.1) is 0 Å². The molecule has 1 saturated carbocycles. The van der Waals surface area contributed by atoms with E-state index in [0.717, 1.165) is 12.5 Å². The molecule has 0 aliphatic heterocycles. The van der Waals surface area contributed by atoms with Crippen molar-refractivity contribution >= 4 is 0 Å². The van der Waals surface area contributed by atoms with E-state index in [1.165, 1.54) is 19.4 Å². The molecule has 0 bridgehead atoms. The largest absolute Gasteiger partial charge is 0.329 e. The van der Waals surface area contributed by atoms with E-state index in [0.29, 0.717) is 6.04 Å². The third kappa shape index (κ3) is 2.27. The van der Waals surface area contributed by atoms with Crippen molar-refractivity contribution in [1.29, 1.82) is 0 Å². The molecule has 0 aromatic carbocycles. The lowest BCUT2D eigenvalue weighted by Crippen LogP contribution is -2.36. The Morgan fingerprint density at radius 2 is 2.20 bits per heavy atom. The van der Waals surface area contributed by atoms with Crippen LogP contribution in [0.4, 0.5) is 0 Å². The van der Waals surface area contributed by atoms with E-state index in [-0.39, 0.29) is 0 Å². The smallest absolute Gasteiger partial charge is 0.0187 e. The summed E-state index contributed by atoms with van der Waals surface area (Å²) in [5.74, 6) is 0.985. The fourth-order valence-corrected chi connectivity index (χ4v) is 1.07. The summed E-state index contributed by atoms with van der Waals surface area (Å²) in [6, 6.07) is 0.556. The molecule has 1 fully saturated rings. The molecule has 0 aromatic heterocycles. The lowest BCUT2D eigenvalue weighted by Gasteiger charge is -2.22. The Morgan fingerprint density at radius 1 is 1.60 bits per heavy atom. The highest BCUT2D eigenvalue weighted by molar-refractivity contribution is 4.78. The van der Waals surface area contributed by atoms with Crippen molar-refractivity contribution in [3.05, 3.63) is 0 Å². The van der Waals surface area contributed by atoms with Crippen molar-refractivity contribution in [3.63, 3.8) is 0 Å². The SMILES string of the molecule is CC(CN)N(C)CC1CC1. The molecule has 2 nitrogen and oxygen atoms in total. The number of nitrogens with two attached hydrogens (primary N) is 1. The van der Waals surface area contributed by atoms with Gasteiger partial charge in [-0.15, -0.1) is 0 Å². The summed E-state index contributed by atoms with van der Waals surface area (Å²) in [4.78, 5) is 2.36. The predicted molar refractivity (Wildman–Crippen MR) is 43.9 cm³/mol. The average molecular weight is 142 g/mol. The van der Waals surface area contributed by atoms with E-state index in [9.17, 15) is 0 Å². The average Bonchev–Trinajstić information content (AvgIpc) is 2.70. The molecule has 1 unspecified atom stereocenters. The zero-order chi connectivity index (χ0) is 7.56. The summed E-state index contributed by atoms with van der Waals surface area (Å²) in [7, 11) is 2.16. The zero-order valence-corrected chi connectivity index (χ0v) is 7.01. The van der Waals surface area contributed by atoms with Gasteiger partial charge in [0.1, 0.15) is 0 Å². The summed E-state index contributed by atoms with van der Waals surface area (Å²) in [6.07, 6.45) is 2.86. The molecule has 0 aromatic rings. The van der Waals surface area contributed by atoms with Crippen LogP contribution in [0.1, 0.15) is 19.8 Å². The maximum Gasteiger partial charge on any atom is 0.0187 e. The van der Waals surface area contributed by atoms with Crippen molar-refractivity contribution in [2.24, 2.45) is 11.7 Å². The van der Waals surface area contributed by atoms with Crippen LogP contribution in [0.3, 0.4) is 0 Å². The maximum absolute atomic E-state index is 5.53. The van der Waals surface area contributed by atoms with E-state index in [1.807, 2.05) is 0 Å². The molecule has 0 saturated heterocycles. The molecule has 1 aliphatic carbocycles. The van der Waals surface area contributed by atoms with Crippen LogP contribution in [0.2, 0.25) is 0 Å². The monoisotopic (exact) mass is 142 g/mol. The van der Waals surface area contributed by atoms with Crippen molar-refractivity contribution in [3.8, 4) is 0 Å². The first kappa shape index (κ1) is 8.02. The van der Waals surface area contributed by atoms with E-state index < -0.39 is 0 Å². The maximum atomic E-state index is 5.53. The Bertz CT molecular complexity index is 99.4. The van der Waals surface area contributed by atoms with E-state index in [4.69, 9.17) is 5.73 Å². The Morgan fingerprint density at radius 3 is 2.60 bits per heavy atom. The lowest BCUT2D eigenvalue weighted by atomic mass is 10.3. The van der Waals surface area contributed by atoms with Crippen molar-refractivity contribution in [1.82, 2.24) is 4.90 Å².